The lowest BCUT2D eigenvalue weighted by molar-refractivity contribution is -0.137. The number of rotatable bonds is 13. The van der Waals surface area contributed by atoms with Crippen LogP contribution < -0.4 is 26.2 Å². The number of ether oxygens (including phenoxy) is 1. The van der Waals surface area contributed by atoms with E-state index in [9.17, 15) is 29.1 Å². The van der Waals surface area contributed by atoms with Crippen molar-refractivity contribution in [1.29, 1.82) is 0 Å². The van der Waals surface area contributed by atoms with E-state index in [1.807, 2.05) is 41.3 Å². The zero-order valence-corrected chi connectivity index (χ0v) is 38.0. The molecule has 3 aromatic rings. The van der Waals surface area contributed by atoms with Crippen LogP contribution in [0, 0.1) is 0 Å². The molecule has 0 aliphatic carbocycles. The number of aromatic hydroxyl groups is 1. The Kier molecular flexibility index (Phi) is 15.4. The Morgan fingerprint density at radius 1 is 0.902 bits per heavy atom. The van der Waals surface area contributed by atoms with Gasteiger partial charge in [-0.1, -0.05) is 18.2 Å². The predicted molar refractivity (Wildman–Crippen MR) is 238 cm³/mol. The van der Waals surface area contributed by atoms with Crippen molar-refractivity contribution < 1.29 is 33.8 Å². The predicted octanol–water partition coefficient (Wildman–Crippen LogP) is 5.97. The number of anilines is 2. The van der Waals surface area contributed by atoms with Crippen LogP contribution in [0.15, 0.2) is 69.9 Å². The van der Waals surface area contributed by atoms with Crippen LogP contribution in [0.2, 0.25) is 0 Å². The second kappa shape index (κ2) is 20.6. The minimum absolute atomic E-state index is 0.00150. The summed E-state index contributed by atoms with van der Waals surface area (Å²) in [5, 5.41) is 22.1. The molecular weight excluding hydrogens is 914 g/mol. The quantitative estimate of drug-likeness (QED) is 0.129. The van der Waals surface area contributed by atoms with Gasteiger partial charge in [0.1, 0.15) is 23.4 Å². The molecule has 3 aliphatic heterocycles. The number of benzene rings is 2. The summed E-state index contributed by atoms with van der Waals surface area (Å²) in [7, 11) is 0. The number of para-hydroxylation sites is 1. The van der Waals surface area contributed by atoms with Crippen LogP contribution in [0.4, 0.5) is 25.8 Å². The lowest BCUT2D eigenvalue weighted by atomic mass is 10.0. The number of phenolic OH excluding ortho intramolecular Hbond substituents is 1. The second-order valence-electron chi connectivity index (χ2n) is 16.6. The molecule has 0 spiro atoms. The molecule has 4 heterocycles. The monoisotopic (exact) mass is 967 g/mol. The van der Waals surface area contributed by atoms with Gasteiger partial charge in [-0.15, -0.1) is 0 Å². The molecule has 2 aromatic carbocycles. The topological polar surface area (TPSA) is 189 Å². The first-order valence-electron chi connectivity index (χ1n) is 20.7. The van der Waals surface area contributed by atoms with E-state index in [0.717, 1.165) is 16.9 Å². The molecule has 18 heteroatoms. The van der Waals surface area contributed by atoms with E-state index in [2.05, 4.69) is 63.0 Å². The number of phenols is 1. The Bertz CT molecular complexity index is 2010. The lowest BCUT2D eigenvalue weighted by Crippen LogP contribution is -2.59. The van der Waals surface area contributed by atoms with Gasteiger partial charge in [0.05, 0.1) is 8.95 Å². The Labute approximate surface area is 373 Å². The number of aromatic nitrogens is 1. The normalized spacial score (nSPS) is 16.8. The largest absolute Gasteiger partial charge is 0.506 e. The van der Waals surface area contributed by atoms with Crippen LogP contribution in [0.1, 0.15) is 64.0 Å². The number of carbonyl (C=O) groups excluding carboxylic acids is 5. The van der Waals surface area contributed by atoms with Crippen molar-refractivity contribution in [3.63, 3.8) is 0 Å². The molecular formula is C43H55Br2N9O7. The molecule has 2 atom stereocenters. The summed E-state index contributed by atoms with van der Waals surface area (Å²) in [5.41, 5.74) is 2.86. The Hall–Kier alpha value is -5.10. The SMILES string of the molecule is CC(C)(C)OC(=O)NCCCCC(NC(=O)C(Cc1cc(Br)c(O)c(Br)c1)NC(=O)N1CCC(N2Cc3ccccc3NC2=O)CC1)C(=O)N1CCN(c2ccncc2)CC1. The van der Waals surface area contributed by atoms with Crippen LogP contribution in [-0.2, 0) is 27.3 Å². The number of hydrogen-bond acceptors (Lipinski definition) is 9. The number of likely N-dealkylation sites (tertiary alicyclic amines) is 1. The average molecular weight is 970 g/mol. The molecule has 0 radical (unpaired) electrons. The van der Waals surface area contributed by atoms with Gasteiger partial charge in [-0.2, -0.15) is 0 Å². The van der Waals surface area contributed by atoms with Gasteiger partial charge >= 0.3 is 18.2 Å². The van der Waals surface area contributed by atoms with Gasteiger partial charge in [0.15, 0.2) is 0 Å². The van der Waals surface area contributed by atoms with Crippen molar-refractivity contribution in [1.82, 2.24) is 35.6 Å². The first kappa shape index (κ1) is 45.4. The number of amides is 7. The summed E-state index contributed by atoms with van der Waals surface area (Å²) in [4.78, 5) is 79.4. The van der Waals surface area contributed by atoms with Crippen molar-refractivity contribution in [2.24, 2.45) is 0 Å². The van der Waals surface area contributed by atoms with E-state index >= 15 is 0 Å². The standard InChI is InChI=1S/C43H55Br2N9O7/c1-43(2,3)61-42(60)47-15-7-6-10-35(39(57)52-22-20-51(21-23-52)30-11-16-46-17-12-30)48-38(56)36(26-28-24-32(44)37(55)33(45)25-28)50-40(58)53-18-13-31(14-19-53)54-27-29-8-4-5-9-34(29)49-41(54)59/h4-5,8-9,11-12,16-17,24-25,31,35-36,55H,6-7,10,13-15,18-23,26-27H2,1-3H3,(H,47,60)(H,48,56)(H,49,59)(H,50,58). The number of carbonyl (C=O) groups is 5. The Morgan fingerprint density at radius 3 is 2.25 bits per heavy atom. The van der Waals surface area contributed by atoms with Crippen LogP contribution in [0.3, 0.4) is 0 Å². The number of pyridine rings is 1. The van der Waals surface area contributed by atoms with Crippen LogP contribution >= 0.6 is 31.9 Å². The molecule has 7 amide bonds. The number of piperidine rings is 1. The number of nitrogens with zero attached hydrogens (tertiary/aromatic N) is 5. The van der Waals surface area contributed by atoms with Crippen LogP contribution in [0.25, 0.3) is 0 Å². The minimum Gasteiger partial charge on any atom is -0.506 e. The molecule has 61 heavy (non-hydrogen) atoms. The average Bonchev–Trinajstić information content (AvgIpc) is 3.24. The van der Waals surface area contributed by atoms with Gasteiger partial charge in [-0.3, -0.25) is 14.6 Å². The van der Waals surface area contributed by atoms with Crippen molar-refractivity contribution in [2.75, 3.05) is 56.0 Å². The fourth-order valence-corrected chi connectivity index (χ4v) is 9.07. The number of urea groups is 2. The molecule has 16 nitrogen and oxygen atoms in total. The highest BCUT2D eigenvalue weighted by Gasteiger charge is 2.35. The van der Waals surface area contributed by atoms with Gasteiger partial charge in [-0.05, 0) is 126 Å². The van der Waals surface area contributed by atoms with Crippen molar-refractivity contribution in [2.45, 2.75) is 89.6 Å². The van der Waals surface area contributed by atoms with Gasteiger partial charge in [0.25, 0.3) is 0 Å². The highest BCUT2D eigenvalue weighted by atomic mass is 79.9. The summed E-state index contributed by atoms with van der Waals surface area (Å²) in [6.07, 6.45) is 5.46. The van der Waals surface area contributed by atoms with Crippen molar-refractivity contribution >= 4 is 73.2 Å². The number of alkyl carbamates (subject to hydrolysis) is 1. The molecule has 0 saturated carbocycles. The molecule has 328 valence electrons. The Morgan fingerprint density at radius 2 is 1.57 bits per heavy atom. The maximum Gasteiger partial charge on any atom is 0.407 e. The van der Waals surface area contributed by atoms with E-state index < -0.39 is 35.7 Å². The van der Waals surface area contributed by atoms with E-state index in [-0.39, 0.29) is 30.2 Å². The number of fused-ring (bicyclic) bond motifs is 1. The molecule has 3 aliphatic rings. The number of piperazine rings is 1. The highest BCUT2D eigenvalue weighted by molar-refractivity contribution is 9.11. The summed E-state index contributed by atoms with van der Waals surface area (Å²) in [6, 6.07) is 12.3. The third-order valence-electron chi connectivity index (χ3n) is 11.0. The molecule has 6 rings (SSSR count). The number of halogens is 2. The summed E-state index contributed by atoms with van der Waals surface area (Å²) < 4.78 is 6.17. The molecule has 2 unspecified atom stereocenters. The lowest BCUT2D eigenvalue weighted by Gasteiger charge is -2.40. The Balaban J connectivity index is 1.13. The number of unbranched alkanes of at least 4 members (excludes halogenated alkanes) is 1. The van der Waals surface area contributed by atoms with E-state index in [0.29, 0.717) is 99.0 Å². The van der Waals surface area contributed by atoms with Crippen molar-refractivity contribution in [3.05, 3.63) is 81.0 Å². The van der Waals surface area contributed by atoms with E-state index in [1.54, 1.807) is 55.1 Å². The summed E-state index contributed by atoms with van der Waals surface area (Å²) in [6.45, 7) is 9.02. The van der Waals surface area contributed by atoms with Gasteiger partial charge in [0.2, 0.25) is 11.8 Å². The fraction of sp³-hybridized carbons (Fsp3) is 0.488. The van der Waals surface area contributed by atoms with E-state index in [1.165, 1.54) is 0 Å². The zero-order valence-electron chi connectivity index (χ0n) is 34.8. The van der Waals surface area contributed by atoms with Crippen LogP contribution in [-0.4, -0.2) is 124 Å². The second-order valence-corrected chi connectivity index (χ2v) is 18.3. The van der Waals surface area contributed by atoms with Gasteiger partial charge in [0, 0.05) is 88.6 Å². The third kappa shape index (κ3) is 12.5. The molecule has 2 fully saturated rings. The highest BCUT2D eigenvalue weighted by Crippen LogP contribution is 2.34. The maximum absolute atomic E-state index is 14.4. The third-order valence-corrected chi connectivity index (χ3v) is 12.2. The van der Waals surface area contributed by atoms with Crippen LogP contribution in [0.5, 0.6) is 5.75 Å². The molecule has 0 bridgehead atoms. The van der Waals surface area contributed by atoms with Gasteiger partial charge in [-0.25, -0.2) is 14.4 Å². The molecule has 1 aromatic heterocycles. The van der Waals surface area contributed by atoms with Crippen molar-refractivity contribution in [3.8, 4) is 5.75 Å². The maximum atomic E-state index is 14.4. The number of hydrogen-bond donors (Lipinski definition) is 5. The number of nitrogens with one attached hydrogen (secondary N) is 4. The zero-order chi connectivity index (χ0) is 43.7. The van der Waals surface area contributed by atoms with Gasteiger partial charge < -0.3 is 50.7 Å². The van der Waals surface area contributed by atoms with E-state index in [4.69, 9.17) is 4.74 Å². The first-order valence-corrected chi connectivity index (χ1v) is 22.3. The smallest absolute Gasteiger partial charge is 0.407 e. The molecule has 2 saturated heterocycles. The minimum atomic E-state index is -1.09. The first-order chi connectivity index (χ1) is 29.1. The summed E-state index contributed by atoms with van der Waals surface area (Å²) in [5.74, 6) is -0.763. The fourth-order valence-electron chi connectivity index (χ4n) is 7.79. The molecule has 5 N–H and O–H groups in total. The summed E-state index contributed by atoms with van der Waals surface area (Å²) >= 11 is 6.75.